The predicted octanol–water partition coefficient (Wildman–Crippen LogP) is 3.37. The van der Waals surface area contributed by atoms with Crippen molar-refractivity contribution >= 4 is 11.0 Å². The monoisotopic (exact) mass is 271 g/mol. The molecule has 0 saturated heterocycles. The summed E-state index contributed by atoms with van der Waals surface area (Å²) >= 11 is 0. The smallest absolute Gasteiger partial charge is 0.241 e. The number of rotatable bonds is 3. The summed E-state index contributed by atoms with van der Waals surface area (Å²) in [6.07, 6.45) is 0. The average molecular weight is 271 g/mol. The lowest BCUT2D eigenvalue weighted by Gasteiger charge is -2.18. The van der Waals surface area contributed by atoms with Gasteiger partial charge in [0, 0.05) is 10.9 Å². The maximum absolute atomic E-state index is 5.71. The normalized spacial score (nSPS) is 12.2. The number of hydrogen-bond donors (Lipinski definition) is 1. The van der Waals surface area contributed by atoms with Crippen molar-refractivity contribution in [3.63, 3.8) is 0 Å². The molecule has 0 unspecified atom stereocenters. The number of nitrogens with zero attached hydrogens (tertiary/aromatic N) is 2. The Labute approximate surface area is 117 Å². The topological polar surface area (TPSA) is 64.1 Å². The van der Waals surface area contributed by atoms with Gasteiger partial charge in [-0.2, -0.15) is 4.98 Å². The first-order chi connectivity index (χ1) is 9.51. The molecule has 1 N–H and O–H groups in total. The van der Waals surface area contributed by atoms with E-state index in [1.807, 2.05) is 30.3 Å². The Balaban J connectivity index is 1.82. The van der Waals surface area contributed by atoms with Crippen molar-refractivity contribution in [2.24, 2.45) is 0 Å². The molecule has 0 atom stereocenters. The van der Waals surface area contributed by atoms with Crippen molar-refractivity contribution < 1.29 is 8.94 Å². The maximum Gasteiger partial charge on any atom is 0.241 e. The number of benzene rings is 1. The molecule has 104 valence electrons. The molecule has 3 aromatic rings. The van der Waals surface area contributed by atoms with Crippen molar-refractivity contribution in [3.8, 4) is 11.6 Å². The van der Waals surface area contributed by atoms with Crippen LogP contribution in [0.2, 0.25) is 0 Å². The molecular formula is C15H17N3O2. The Bertz CT molecular complexity index is 689. The molecule has 0 spiro atoms. The highest BCUT2D eigenvalue weighted by Crippen LogP contribution is 2.25. The molecule has 0 saturated carbocycles. The van der Waals surface area contributed by atoms with E-state index in [-0.39, 0.29) is 5.54 Å². The Morgan fingerprint density at radius 1 is 1.20 bits per heavy atom. The summed E-state index contributed by atoms with van der Waals surface area (Å²) in [4.78, 5) is 4.34. The molecule has 0 radical (unpaired) electrons. The van der Waals surface area contributed by atoms with Crippen molar-refractivity contribution in [2.45, 2.75) is 32.9 Å². The number of hydrogen-bond acceptors (Lipinski definition) is 5. The van der Waals surface area contributed by atoms with Crippen molar-refractivity contribution in [1.29, 1.82) is 0 Å². The summed E-state index contributed by atoms with van der Waals surface area (Å²) in [5, 5.41) is 8.29. The minimum Gasteiger partial charge on any atom is -0.453 e. The van der Waals surface area contributed by atoms with Crippen LogP contribution in [-0.2, 0) is 6.54 Å². The Morgan fingerprint density at radius 2 is 2.00 bits per heavy atom. The highest BCUT2D eigenvalue weighted by molar-refractivity contribution is 5.81. The van der Waals surface area contributed by atoms with Crippen LogP contribution in [-0.4, -0.2) is 15.7 Å². The molecule has 1 aromatic carbocycles. The fourth-order valence-electron chi connectivity index (χ4n) is 1.86. The third-order valence-electron chi connectivity index (χ3n) is 2.88. The van der Waals surface area contributed by atoms with E-state index in [0.717, 1.165) is 11.0 Å². The van der Waals surface area contributed by atoms with Gasteiger partial charge < -0.3 is 14.3 Å². The molecule has 20 heavy (non-hydrogen) atoms. The second-order valence-corrected chi connectivity index (χ2v) is 5.76. The van der Waals surface area contributed by atoms with Crippen LogP contribution in [0.15, 0.2) is 39.3 Å². The zero-order valence-electron chi connectivity index (χ0n) is 11.8. The number of fused-ring (bicyclic) bond motifs is 1. The molecule has 2 heterocycles. The SMILES string of the molecule is CC(C)(C)NCc1nc(-c2cc3ccccc3o2)no1. The van der Waals surface area contributed by atoms with Gasteiger partial charge in [-0.15, -0.1) is 0 Å². The molecule has 5 nitrogen and oxygen atoms in total. The van der Waals surface area contributed by atoms with E-state index in [1.165, 1.54) is 0 Å². The van der Waals surface area contributed by atoms with Gasteiger partial charge in [-0.05, 0) is 32.9 Å². The summed E-state index contributed by atoms with van der Waals surface area (Å²) in [6.45, 7) is 6.80. The van der Waals surface area contributed by atoms with Crippen molar-refractivity contribution in [3.05, 3.63) is 36.2 Å². The molecule has 0 aliphatic carbocycles. The van der Waals surface area contributed by atoms with Gasteiger partial charge in [0.25, 0.3) is 0 Å². The van der Waals surface area contributed by atoms with Gasteiger partial charge in [0.05, 0.1) is 6.54 Å². The highest BCUT2D eigenvalue weighted by atomic mass is 16.5. The lowest BCUT2D eigenvalue weighted by atomic mass is 10.1. The van der Waals surface area contributed by atoms with Crippen molar-refractivity contribution in [2.75, 3.05) is 0 Å². The van der Waals surface area contributed by atoms with E-state index in [1.54, 1.807) is 0 Å². The van der Waals surface area contributed by atoms with Crippen molar-refractivity contribution in [1.82, 2.24) is 15.5 Å². The van der Waals surface area contributed by atoms with Gasteiger partial charge in [-0.3, -0.25) is 0 Å². The van der Waals surface area contributed by atoms with Crippen LogP contribution in [0.1, 0.15) is 26.7 Å². The Hall–Kier alpha value is -2.14. The van der Waals surface area contributed by atoms with E-state index >= 15 is 0 Å². The lowest BCUT2D eigenvalue weighted by molar-refractivity contribution is 0.336. The van der Waals surface area contributed by atoms with Gasteiger partial charge >= 0.3 is 0 Å². The minimum atomic E-state index is 0.00793. The van der Waals surface area contributed by atoms with Crippen LogP contribution >= 0.6 is 0 Å². The van der Waals surface area contributed by atoms with Gasteiger partial charge in [0.15, 0.2) is 5.76 Å². The second kappa shape index (κ2) is 4.76. The molecule has 5 heteroatoms. The molecule has 0 amide bonds. The molecule has 0 aliphatic rings. The molecule has 2 aromatic heterocycles. The molecule has 0 fully saturated rings. The van der Waals surface area contributed by atoms with Crippen LogP contribution in [0.25, 0.3) is 22.6 Å². The van der Waals surface area contributed by atoms with E-state index in [2.05, 4.69) is 36.2 Å². The third-order valence-corrected chi connectivity index (χ3v) is 2.88. The van der Waals surface area contributed by atoms with Gasteiger partial charge in [0.1, 0.15) is 5.58 Å². The molecule has 3 rings (SSSR count). The van der Waals surface area contributed by atoms with E-state index in [4.69, 9.17) is 8.94 Å². The summed E-state index contributed by atoms with van der Waals surface area (Å²) in [7, 11) is 0. The van der Waals surface area contributed by atoms with E-state index < -0.39 is 0 Å². The second-order valence-electron chi connectivity index (χ2n) is 5.76. The summed E-state index contributed by atoms with van der Waals surface area (Å²) in [5.74, 6) is 1.65. The fraction of sp³-hybridized carbons (Fsp3) is 0.333. The van der Waals surface area contributed by atoms with E-state index in [9.17, 15) is 0 Å². The summed E-state index contributed by atoms with van der Waals surface area (Å²) < 4.78 is 10.9. The number of furan rings is 1. The van der Waals surface area contributed by atoms with Crippen LogP contribution in [0.5, 0.6) is 0 Å². The van der Waals surface area contributed by atoms with Gasteiger partial charge in [-0.25, -0.2) is 0 Å². The largest absolute Gasteiger partial charge is 0.453 e. The van der Waals surface area contributed by atoms with Crippen LogP contribution < -0.4 is 5.32 Å². The van der Waals surface area contributed by atoms with Gasteiger partial charge in [-0.1, -0.05) is 23.4 Å². The Kier molecular flexibility index (Phi) is 3.06. The fourth-order valence-corrected chi connectivity index (χ4v) is 1.86. The van der Waals surface area contributed by atoms with Crippen LogP contribution in [0.4, 0.5) is 0 Å². The van der Waals surface area contributed by atoms with Gasteiger partial charge in [0.2, 0.25) is 11.7 Å². The average Bonchev–Trinajstić information content (AvgIpc) is 3.01. The zero-order chi connectivity index (χ0) is 14.2. The van der Waals surface area contributed by atoms with Crippen LogP contribution in [0.3, 0.4) is 0 Å². The quantitative estimate of drug-likeness (QED) is 0.791. The first-order valence-corrected chi connectivity index (χ1v) is 6.58. The summed E-state index contributed by atoms with van der Waals surface area (Å²) in [6, 6.07) is 9.73. The molecule has 0 bridgehead atoms. The predicted molar refractivity (Wildman–Crippen MR) is 76.1 cm³/mol. The molecular weight excluding hydrogens is 254 g/mol. The highest BCUT2D eigenvalue weighted by Gasteiger charge is 2.15. The third kappa shape index (κ3) is 2.72. The zero-order valence-corrected chi connectivity index (χ0v) is 11.8. The first kappa shape index (κ1) is 12.9. The minimum absolute atomic E-state index is 0.00793. The number of nitrogens with one attached hydrogen (secondary N) is 1. The Morgan fingerprint density at radius 3 is 2.75 bits per heavy atom. The summed E-state index contributed by atoms with van der Waals surface area (Å²) in [5.41, 5.74) is 0.829. The van der Waals surface area contributed by atoms with E-state index in [0.29, 0.717) is 24.0 Å². The lowest BCUT2D eigenvalue weighted by Crippen LogP contribution is -2.35. The first-order valence-electron chi connectivity index (χ1n) is 6.58. The number of aromatic nitrogens is 2. The maximum atomic E-state index is 5.71. The standard InChI is InChI=1S/C15H17N3O2/c1-15(2,3)16-9-13-17-14(18-20-13)12-8-10-6-4-5-7-11(10)19-12/h4-8,16H,9H2,1-3H3. The van der Waals surface area contributed by atoms with Crippen LogP contribution in [0, 0.1) is 0 Å². The molecule has 0 aliphatic heterocycles. The number of para-hydroxylation sites is 1.